The highest BCUT2D eigenvalue weighted by Gasteiger charge is 2.46. The van der Waals surface area contributed by atoms with E-state index < -0.39 is 53.3 Å². The van der Waals surface area contributed by atoms with Crippen molar-refractivity contribution in [1.29, 1.82) is 0 Å². The number of carbonyl (C=O) groups is 5. The number of nitrogens with one attached hydrogen (secondary N) is 3. The number of rotatable bonds is 10. The van der Waals surface area contributed by atoms with E-state index >= 15 is 0 Å². The molecule has 0 aliphatic carbocycles. The number of nitrogens with zero attached hydrogens (tertiary/aromatic N) is 1. The van der Waals surface area contributed by atoms with Crippen molar-refractivity contribution in [2.75, 3.05) is 0 Å². The first kappa shape index (κ1) is 26.5. The maximum Gasteiger partial charge on any atom is 0.244 e. The fourth-order valence-electron chi connectivity index (χ4n) is 4.03. The lowest BCUT2D eigenvalue weighted by Gasteiger charge is -2.25. The highest BCUT2D eigenvalue weighted by atomic mass is 16.2. The van der Waals surface area contributed by atoms with Gasteiger partial charge in [0.2, 0.25) is 23.6 Å². The highest BCUT2D eigenvalue weighted by molar-refractivity contribution is 6.16. The summed E-state index contributed by atoms with van der Waals surface area (Å²) in [6, 6.07) is 11.1. The van der Waals surface area contributed by atoms with Gasteiger partial charge < -0.3 is 10.6 Å². The predicted molar refractivity (Wildman–Crippen MR) is 133 cm³/mol. The second kappa shape index (κ2) is 12.0. The first-order valence-electron chi connectivity index (χ1n) is 11.8. The van der Waals surface area contributed by atoms with Crippen LogP contribution in [0.4, 0.5) is 0 Å². The SMILES string of the molecule is CC(C)[C@H](NC(=O)CC(NC(=O)/C=C/c1ccccc1)c1cccnc1)C(=O)[C@@H]1C(=O)NC(=O)[C@H]1C. The van der Waals surface area contributed by atoms with Crippen LogP contribution < -0.4 is 16.0 Å². The Balaban J connectivity index is 1.72. The minimum atomic E-state index is -1.15. The van der Waals surface area contributed by atoms with Gasteiger partial charge in [-0.2, -0.15) is 0 Å². The molecule has 4 amide bonds. The van der Waals surface area contributed by atoms with Crippen molar-refractivity contribution in [2.45, 2.75) is 39.3 Å². The maximum absolute atomic E-state index is 13.1. The molecule has 1 saturated heterocycles. The zero-order chi connectivity index (χ0) is 26.2. The monoisotopic (exact) mass is 490 g/mol. The largest absolute Gasteiger partial charge is 0.346 e. The summed E-state index contributed by atoms with van der Waals surface area (Å²) >= 11 is 0. The Morgan fingerprint density at radius 3 is 2.33 bits per heavy atom. The fraction of sp³-hybridized carbons (Fsp3) is 0.333. The molecule has 1 aromatic heterocycles. The van der Waals surface area contributed by atoms with Crippen molar-refractivity contribution in [3.8, 4) is 0 Å². The van der Waals surface area contributed by atoms with Crippen molar-refractivity contribution in [3.05, 3.63) is 72.1 Å². The van der Waals surface area contributed by atoms with Crippen LogP contribution in [0.1, 0.15) is 44.4 Å². The molecule has 9 nitrogen and oxygen atoms in total. The van der Waals surface area contributed by atoms with Gasteiger partial charge in [-0.25, -0.2) is 0 Å². The molecule has 1 aliphatic rings. The molecule has 2 heterocycles. The molecule has 3 rings (SSSR count). The van der Waals surface area contributed by atoms with Gasteiger partial charge in [-0.1, -0.05) is 57.2 Å². The molecule has 36 heavy (non-hydrogen) atoms. The van der Waals surface area contributed by atoms with Gasteiger partial charge >= 0.3 is 0 Å². The third-order valence-electron chi connectivity index (χ3n) is 6.06. The quantitative estimate of drug-likeness (QED) is 0.265. The molecule has 188 valence electrons. The number of amides is 4. The molecular weight excluding hydrogens is 460 g/mol. The number of imide groups is 1. The average molecular weight is 491 g/mol. The third kappa shape index (κ3) is 6.71. The molecule has 1 unspecified atom stereocenters. The Bertz CT molecular complexity index is 1150. The third-order valence-corrected chi connectivity index (χ3v) is 6.06. The summed E-state index contributed by atoms with van der Waals surface area (Å²) in [5.41, 5.74) is 1.47. The zero-order valence-corrected chi connectivity index (χ0v) is 20.4. The van der Waals surface area contributed by atoms with Gasteiger partial charge in [-0.3, -0.25) is 34.3 Å². The number of aromatic nitrogens is 1. The molecule has 0 radical (unpaired) electrons. The number of carbonyl (C=O) groups excluding carboxylic acids is 5. The van der Waals surface area contributed by atoms with Crippen molar-refractivity contribution >= 4 is 35.5 Å². The van der Waals surface area contributed by atoms with E-state index in [1.54, 1.807) is 44.4 Å². The average Bonchev–Trinajstić information content (AvgIpc) is 3.12. The lowest BCUT2D eigenvalue weighted by Crippen LogP contribution is -2.49. The summed E-state index contributed by atoms with van der Waals surface area (Å²) in [7, 11) is 0. The van der Waals surface area contributed by atoms with Crippen LogP contribution in [-0.2, 0) is 24.0 Å². The molecule has 3 N–H and O–H groups in total. The van der Waals surface area contributed by atoms with Crippen LogP contribution in [0.3, 0.4) is 0 Å². The number of pyridine rings is 1. The van der Waals surface area contributed by atoms with E-state index in [4.69, 9.17) is 0 Å². The smallest absolute Gasteiger partial charge is 0.244 e. The van der Waals surface area contributed by atoms with Crippen molar-refractivity contribution in [1.82, 2.24) is 20.9 Å². The van der Waals surface area contributed by atoms with Crippen LogP contribution in [0.2, 0.25) is 0 Å². The van der Waals surface area contributed by atoms with Gasteiger partial charge in [0.25, 0.3) is 0 Å². The number of hydrogen-bond donors (Lipinski definition) is 3. The van der Waals surface area contributed by atoms with E-state index in [1.165, 1.54) is 13.0 Å². The minimum Gasteiger partial charge on any atom is -0.346 e. The maximum atomic E-state index is 13.1. The van der Waals surface area contributed by atoms with E-state index in [0.717, 1.165) is 5.56 Å². The van der Waals surface area contributed by atoms with Crippen molar-refractivity contribution in [2.24, 2.45) is 17.8 Å². The van der Waals surface area contributed by atoms with Gasteiger partial charge in [-0.15, -0.1) is 0 Å². The number of ketones is 1. The van der Waals surface area contributed by atoms with Gasteiger partial charge in [-0.05, 0) is 29.2 Å². The van der Waals surface area contributed by atoms with E-state index in [0.29, 0.717) is 5.56 Å². The van der Waals surface area contributed by atoms with Crippen LogP contribution in [0.5, 0.6) is 0 Å². The molecular formula is C27H30N4O5. The molecule has 0 saturated carbocycles. The molecule has 4 atom stereocenters. The lowest BCUT2D eigenvalue weighted by atomic mass is 9.85. The van der Waals surface area contributed by atoms with Gasteiger partial charge in [0.05, 0.1) is 24.4 Å². The van der Waals surface area contributed by atoms with Crippen molar-refractivity contribution < 1.29 is 24.0 Å². The molecule has 0 spiro atoms. The van der Waals surface area contributed by atoms with E-state index in [9.17, 15) is 24.0 Å². The number of hydrogen-bond acceptors (Lipinski definition) is 6. The topological polar surface area (TPSA) is 134 Å². The minimum absolute atomic E-state index is 0.154. The van der Waals surface area contributed by atoms with Crippen LogP contribution in [0.25, 0.3) is 6.08 Å². The Labute approximate surface area is 209 Å². The first-order valence-corrected chi connectivity index (χ1v) is 11.8. The normalized spacial score (nSPS) is 19.1. The molecule has 9 heteroatoms. The standard InChI is InChI=1S/C27H30N4O5/c1-16(2)24(25(34)23-17(3)26(35)31-27(23)36)30-22(33)14-20(19-10-7-13-28-15-19)29-21(32)12-11-18-8-5-4-6-9-18/h4-13,15-17,20,23-24H,14H2,1-3H3,(H,29,32)(H,30,33)(H,31,35,36)/b12-11+/t17-,20?,23+,24-/m0/s1. The Morgan fingerprint density at radius 2 is 1.75 bits per heavy atom. The van der Waals surface area contributed by atoms with Crippen LogP contribution in [-0.4, -0.2) is 40.4 Å². The Kier molecular flexibility index (Phi) is 8.83. The van der Waals surface area contributed by atoms with E-state index in [1.807, 2.05) is 30.3 Å². The Hall–Kier alpha value is -4.14. The van der Waals surface area contributed by atoms with Crippen LogP contribution in [0.15, 0.2) is 60.9 Å². The predicted octanol–water partition coefficient (Wildman–Crippen LogP) is 1.96. The van der Waals surface area contributed by atoms with Gasteiger partial charge in [0, 0.05) is 18.5 Å². The number of benzene rings is 1. The summed E-state index contributed by atoms with van der Waals surface area (Å²) in [4.78, 5) is 66.9. The molecule has 1 aliphatic heterocycles. The van der Waals surface area contributed by atoms with E-state index in [-0.39, 0.29) is 12.3 Å². The molecule has 2 aromatic rings. The summed E-state index contributed by atoms with van der Waals surface area (Å²) in [6.45, 7) is 5.01. The molecule has 1 fully saturated rings. The lowest BCUT2D eigenvalue weighted by molar-refractivity contribution is -0.137. The summed E-state index contributed by atoms with van der Waals surface area (Å²) in [6.07, 6.45) is 6.03. The zero-order valence-electron chi connectivity index (χ0n) is 20.4. The molecule has 1 aromatic carbocycles. The first-order chi connectivity index (χ1) is 17.2. The van der Waals surface area contributed by atoms with Crippen molar-refractivity contribution in [3.63, 3.8) is 0 Å². The highest BCUT2D eigenvalue weighted by Crippen LogP contribution is 2.24. The molecule has 0 bridgehead atoms. The summed E-state index contributed by atoms with van der Waals surface area (Å²) in [5, 5.41) is 7.70. The second-order valence-corrected chi connectivity index (χ2v) is 9.11. The second-order valence-electron chi connectivity index (χ2n) is 9.11. The van der Waals surface area contributed by atoms with Gasteiger partial charge in [0.1, 0.15) is 5.92 Å². The van der Waals surface area contributed by atoms with E-state index in [2.05, 4.69) is 20.9 Å². The summed E-state index contributed by atoms with van der Waals surface area (Å²) < 4.78 is 0. The number of Topliss-reactive ketones (excluding diaryl/α,β-unsaturated/α-hetero) is 1. The Morgan fingerprint density at radius 1 is 1.03 bits per heavy atom. The van der Waals surface area contributed by atoms with Crippen LogP contribution >= 0.6 is 0 Å². The summed E-state index contributed by atoms with van der Waals surface area (Å²) in [5.74, 6) is -4.82. The fourth-order valence-corrected chi connectivity index (χ4v) is 4.03. The van der Waals surface area contributed by atoms with Crippen LogP contribution in [0, 0.1) is 17.8 Å². The van der Waals surface area contributed by atoms with Gasteiger partial charge in [0.15, 0.2) is 5.78 Å².